The lowest BCUT2D eigenvalue weighted by atomic mass is 10.3. The van der Waals surface area contributed by atoms with Crippen molar-refractivity contribution in [3.05, 3.63) is 11.8 Å². The Bertz CT molecular complexity index is 489. The molecule has 3 N–H and O–H groups in total. The maximum absolute atomic E-state index is 10.8. The largest absolute Gasteiger partial charge is 0.370 e. The lowest BCUT2D eigenvalue weighted by Gasteiger charge is -2.09. The number of nitrogens with one attached hydrogen (secondary N) is 3. The quantitative estimate of drug-likeness (QED) is 0.613. The second kappa shape index (κ2) is 6.50. The zero-order valence-electron chi connectivity index (χ0n) is 10.8. The third-order valence-electron chi connectivity index (χ3n) is 2.21. The van der Waals surface area contributed by atoms with E-state index < -0.39 is 10.0 Å². The van der Waals surface area contributed by atoms with E-state index in [9.17, 15) is 8.42 Å². The second-order valence-electron chi connectivity index (χ2n) is 3.92. The molecular weight excluding hydrogens is 254 g/mol. The molecule has 0 saturated carbocycles. The highest BCUT2D eigenvalue weighted by molar-refractivity contribution is 7.88. The fourth-order valence-electron chi connectivity index (χ4n) is 1.29. The SMILES string of the molecule is CNc1ncc(C)c(NCCCNS(C)(=O)=O)n1. The molecule has 0 radical (unpaired) electrons. The molecular formula is C10H19N5O2S. The van der Waals surface area contributed by atoms with E-state index >= 15 is 0 Å². The van der Waals surface area contributed by atoms with Crippen LogP contribution < -0.4 is 15.4 Å². The molecule has 0 aromatic carbocycles. The number of sulfonamides is 1. The second-order valence-corrected chi connectivity index (χ2v) is 5.76. The smallest absolute Gasteiger partial charge is 0.224 e. The summed E-state index contributed by atoms with van der Waals surface area (Å²) in [4.78, 5) is 8.35. The third-order valence-corrected chi connectivity index (χ3v) is 2.93. The third kappa shape index (κ3) is 5.28. The first-order valence-electron chi connectivity index (χ1n) is 5.62. The van der Waals surface area contributed by atoms with Gasteiger partial charge in [0.25, 0.3) is 0 Å². The van der Waals surface area contributed by atoms with Crippen molar-refractivity contribution in [1.29, 1.82) is 0 Å². The molecule has 7 nitrogen and oxygen atoms in total. The van der Waals surface area contributed by atoms with Crippen LogP contribution in [0.4, 0.5) is 11.8 Å². The summed E-state index contributed by atoms with van der Waals surface area (Å²) in [7, 11) is -1.35. The molecule has 0 atom stereocenters. The molecule has 102 valence electrons. The fraction of sp³-hybridized carbons (Fsp3) is 0.600. The van der Waals surface area contributed by atoms with Gasteiger partial charge in [0.15, 0.2) is 0 Å². The molecule has 18 heavy (non-hydrogen) atoms. The maximum Gasteiger partial charge on any atom is 0.224 e. The number of rotatable bonds is 7. The highest BCUT2D eigenvalue weighted by Gasteiger charge is 2.02. The normalized spacial score (nSPS) is 11.3. The number of hydrogen-bond acceptors (Lipinski definition) is 6. The van der Waals surface area contributed by atoms with E-state index in [2.05, 4.69) is 25.3 Å². The van der Waals surface area contributed by atoms with Crippen LogP contribution in [-0.4, -0.2) is 44.8 Å². The van der Waals surface area contributed by atoms with Crippen molar-refractivity contribution in [3.63, 3.8) is 0 Å². The van der Waals surface area contributed by atoms with Crippen LogP contribution in [0.3, 0.4) is 0 Å². The van der Waals surface area contributed by atoms with E-state index in [1.54, 1.807) is 13.2 Å². The van der Waals surface area contributed by atoms with E-state index in [1.807, 2.05) is 6.92 Å². The molecule has 0 bridgehead atoms. The molecule has 0 aliphatic rings. The maximum atomic E-state index is 10.8. The van der Waals surface area contributed by atoms with E-state index in [0.717, 1.165) is 17.6 Å². The molecule has 1 aromatic heterocycles. The Morgan fingerprint density at radius 3 is 2.67 bits per heavy atom. The first-order valence-corrected chi connectivity index (χ1v) is 7.51. The van der Waals surface area contributed by atoms with Gasteiger partial charge < -0.3 is 10.6 Å². The van der Waals surface area contributed by atoms with Crippen LogP contribution in [0, 0.1) is 6.92 Å². The Hall–Kier alpha value is -1.41. The summed E-state index contributed by atoms with van der Waals surface area (Å²) in [5, 5.41) is 6.01. The minimum atomic E-state index is -3.10. The monoisotopic (exact) mass is 273 g/mol. The number of anilines is 2. The van der Waals surface area contributed by atoms with Gasteiger partial charge in [-0.1, -0.05) is 0 Å². The van der Waals surface area contributed by atoms with E-state index in [0.29, 0.717) is 25.5 Å². The molecule has 8 heteroatoms. The summed E-state index contributed by atoms with van der Waals surface area (Å²) in [6, 6.07) is 0. The van der Waals surface area contributed by atoms with Crippen LogP contribution >= 0.6 is 0 Å². The molecule has 0 aliphatic carbocycles. The summed E-state index contributed by atoms with van der Waals surface area (Å²) >= 11 is 0. The molecule has 0 amide bonds. The van der Waals surface area contributed by atoms with Crippen LogP contribution in [0.5, 0.6) is 0 Å². The van der Waals surface area contributed by atoms with Gasteiger partial charge in [0.1, 0.15) is 5.82 Å². The van der Waals surface area contributed by atoms with Gasteiger partial charge >= 0.3 is 0 Å². The molecule has 0 fully saturated rings. The number of aromatic nitrogens is 2. The summed E-state index contributed by atoms with van der Waals surface area (Å²) in [6.45, 7) is 2.97. The first kappa shape index (κ1) is 14.7. The van der Waals surface area contributed by atoms with Gasteiger partial charge in [-0.2, -0.15) is 4.98 Å². The van der Waals surface area contributed by atoms with Gasteiger partial charge in [0, 0.05) is 31.9 Å². The van der Waals surface area contributed by atoms with E-state index in [-0.39, 0.29) is 0 Å². The standard InChI is InChI=1S/C10H19N5O2S/c1-8-7-13-10(11-2)15-9(8)12-5-4-6-14-18(3,16)17/h7,14H,4-6H2,1-3H3,(H2,11,12,13,15). The van der Waals surface area contributed by atoms with Crippen molar-refractivity contribution in [2.45, 2.75) is 13.3 Å². The highest BCUT2D eigenvalue weighted by atomic mass is 32.2. The summed E-state index contributed by atoms with van der Waals surface area (Å²) < 4.78 is 24.1. The molecule has 1 heterocycles. The Morgan fingerprint density at radius 2 is 2.06 bits per heavy atom. The summed E-state index contributed by atoms with van der Waals surface area (Å²) in [6.07, 6.45) is 3.56. The van der Waals surface area contributed by atoms with Crippen molar-refractivity contribution in [2.24, 2.45) is 0 Å². The van der Waals surface area contributed by atoms with Gasteiger partial charge in [0.2, 0.25) is 16.0 Å². The topological polar surface area (TPSA) is 96.0 Å². The Kier molecular flexibility index (Phi) is 5.29. The van der Waals surface area contributed by atoms with Crippen LogP contribution in [0.2, 0.25) is 0 Å². The van der Waals surface area contributed by atoms with Crippen LogP contribution in [0.15, 0.2) is 6.20 Å². The van der Waals surface area contributed by atoms with Crippen LogP contribution in [-0.2, 0) is 10.0 Å². The lowest BCUT2D eigenvalue weighted by Crippen LogP contribution is -2.24. The zero-order valence-corrected chi connectivity index (χ0v) is 11.6. The summed E-state index contributed by atoms with van der Waals surface area (Å²) in [5.41, 5.74) is 0.949. The predicted molar refractivity (Wildman–Crippen MR) is 72.3 cm³/mol. The van der Waals surface area contributed by atoms with Crippen molar-refractivity contribution in [1.82, 2.24) is 14.7 Å². The fourth-order valence-corrected chi connectivity index (χ4v) is 1.81. The van der Waals surface area contributed by atoms with Gasteiger partial charge in [0.05, 0.1) is 6.26 Å². The molecule has 0 saturated heterocycles. The van der Waals surface area contributed by atoms with Gasteiger partial charge in [-0.05, 0) is 13.3 Å². The Balaban J connectivity index is 2.39. The van der Waals surface area contributed by atoms with Crippen molar-refractivity contribution >= 4 is 21.8 Å². The van der Waals surface area contributed by atoms with Crippen LogP contribution in [0.1, 0.15) is 12.0 Å². The van der Waals surface area contributed by atoms with E-state index in [4.69, 9.17) is 0 Å². The first-order chi connectivity index (χ1) is 8.42. The van der Waals surface area contributed by atoms with Gasteiger partial charge in [-0.15, -0.1) is 0 Å². The van der Waals surface area contributed by atoms with E-state index in [1.165, 1.54) is 0 Å². The molecule has 0 spiro atoms. The Morgan fingerprint density at radius 1 is 1.33 bits per heavy atom. The molecule has 0 aliphatic heterocycles. The number of nitrogens with zero attached hydrogens (tertiary/aromatic N) is 2. The molecule has 0 unspecified atom stereocenters. The van der Waals surface area contributed by atoms with Crippen molar-refractivity contribution < 1.29 is 8.42 Å². The average molecular weight is 273 g/mol. The lowest BCUT2D eigenvalue weighted by molar-refractivity contribution is 0.586. The predicted octanol–water partition coefficient (Wildman–Crippen LogP) is 0.178. The average Bonchev–Trinajstić information content (AvgIpc) is 2.29. The van der Waals surface area contributed by atoms with Crippen molar-refractivity contribution in [2.75, 3.05) is 37.0 Å². The van der Waals surface area contributed by atoms with Crippen molar-refractivity contribution in [3.8, 4) is 0 Å². The minimum Gasteiger partial charge on any atom is -0.370 e. The molecule has 1 aromatic rings. The Labute approximate surface area is 107 Å². The minimum absolute atomic E-state index is 0.412. The highest BCUT2D eigenvalue weighted by Crippen LogP contribution is 2.11. The number of hydrogen-bond donors (Lipinski definition) is 3. The number of aryl methyl sites for hydroxylation is 1. The van der Waals surface area contributed by atoms with Gasteiger partial charge in [-0.25, -0.2) is 18.1 Å². The van der Waals surface area contributed by atoms with Crippen LogP contribution in [0.25, 0.3) is 0 Å². The van der Waals surface area contributed by atoms with Gasteiger partial charge in [-0.3, -0.25) is 0 Å². The molecule has 1 rings (SSSR count). The summed E-state index contributed by atoms with van der Waals surface area (Å²) in [5.74, 6) is 1.31. The zero-order chi connectivity index (χ0) is 13.6.